The van der Waals surface area contributed by atoms with Crippen molar-refractivity contribution in [2.45, 2.75) is 12.6 Å². The van der Waals surface area contributed by atoms with E-state index >= 15 is 4.39 Å². The maximum atomic E-state index is 15.6. The lowest BCUT2D eigenvalue weighted by molar-refractivity contribution is -0.117. The lowest BCUT2D eigenvalue weighted by Crippen LogP contribution is -2.15. The molecule has 172 valence electrons. The largest absolute Gasteiger partial charge is 0.326 e. The Balaban J connectivity index is 1.43. The predicted molar refractivity (Wildman–Crippen MR) is 121 cm³/mol. The Morgan fingerprint density at radius 2 is 2.12 bits per heavy atom. The lowest BCUT2D eigenvalue weighted by Gasteiger charge is -2.20. The summed E-state index contributed by atoms with van der Waals surface area (Å²) in [6.45, 7) is 0. The molecule has 0 spiro atoms. The zero-order valence-corrected chi connectivity index (χ0v) is 18.3. The molecule has 2 atom stereocenters. The molecule has 0 aliphatic heterocycles. The highest BCUT2D eigenvalue weighted by Crippen LogP contribution is 2.43. The number of nitrogens with zero attached hydrogens (tertiary/aromatic N) is 6. The topological polar surface area (TPSA) is 120 Å². The Hall–Kier alpha value is -4.06. The van der Waals surface area contributed by atoms with Crippen molar-refractivity contribution in [3.8, 4) is 11.3 Å². The third kappa shape index (κ3) is 3.17. The van der Waals surface area contributed by atoms with Crippen molar-refractivity contribution in [2.24, 2.45) is 5.92 Å². The van der Waals surface area contributed by atoms with Gasteiger partial charge in [-0.3, -0.25) is 20.0 Å². The molecule has 6 rings (SSSR count). The molecule has 5 aromatic rings. The van der Waals surface area contributed by atoms with Gasteiger partial charge in [0.15, 0.2) is 17.3 Å². The van der Waals surface area contributed by atoms with Gasteiger partial charge in [-0.2, -0.15) is 10.2 Å². The first-order valence-electron chi connectivity index (χ1n) is 10.3. The van der Waals surface area contributed by atoms with Crippen LogP contribution in [0.2, 0.25) is 5.02 Å². The number of imidazole rings is 1. The number of nitrogens with one attached hydrogen (secondary N) is 3. The molecule has 3 N–H and O–H groups in total. The number of hydrogen-bond acceptors (Lipinski definition) is 6. The van der Waals surface area contributed by atoms with Crippen molar-refractivity contribution in [1.29, 1.82) is 0 Å². The number of anilines is 3. The van der Waals surface area contributed by atoms with Crippen LogP contribution in [0, 0.1) is 11.7 Å². The third-order valence-corrected chi connectivity index (χ3v) is 6.20. The fraction of sp³-hybridized carbons (Fsp3) is 0.190. The number of hydrogen-bond donors (Lipinski definition) is 3. The number of alkyl halides is 1. The number of aromatic nitrogens is 7. The molecule has 0 unspecified atom stereocenters. The second-order valence-corrected chi connectivity index (χ2v) is 8.40. The van der Waals surface area contributed by atoms with E-state index < -0.39 is 23.8 Å². The number of benzene rings is 1. The minimum atomic E-state index is -1.10. The summed E-state index contributed by atoms with van der Waals surface area (Å²) in [5.41, 5.74) is 1.80. The zero-order chi connectivity index (χ0) is 23.6. The molecule has 1 saturated carbocycles. The molecule has 10 nitrogen and oxygen atoms in total. The molecule has 0 bridgehead atoms. The molecule has 1 aliphatic rings. The highest BCUT2D eigenvalue weighted by molar-refractivity contribution is 6.36. The van der Waals surface area contributed by atoms with Crippen molar-refractivity contribution in [2.75, 3.05) is 17.3 Å². The molecule has 1 fully saturated rings. The summed E-state index contributed by atoms with van der Waals surface area (Å²) in [4.78, 5) is 22.3. The Bertz CT molecular complexity index is 1560. The fourth-order valence-electron chi connectivity index (χ4n) is 3.96. The van der Waals surface area contributed by atoms with Crippen LogP contribution in [0.3, 0.4) is 0 Å². The van der Waals surface area contributed by atoms with Crippen LogP contribution in [0.4, 0.5) is 26.1 Å². The molecule has 1 amide bonds. The number of carbonyl (C=O) groups excluding carboxylic acids is 1. The van der Waals surface area contributed by atoms with Gasteiger partial charge in [0.25, 0.3) is 0 Å². The fourth-order valence-corrected chi connectivity index (χ4v) is 4.25. The summed E-state index contributed by atoms with van der Waals surface area (Å²) in [7, 11) is 1.68. The van der Waals surface area contributed by atoms with Gasteiger partial charge in [0.05, 0.1) is 46.9 Å². The van der Waals surface area contributed by atoms with Gasteiger partial charge < -0.3 is 14.6 Å². The summed E-state index contributed by atoms with van der Waals surface area (Å²) in [5.74, 6) is -0.864. The lowest BCUT2D eigenvalue weighted by atomic mass is 10.0. The SMILES string of the molecule is CN(c1ccn[nH]1)c1c(F)c(Cl)c(-c2cn3cc(NC(=O)[C@@H]4C[C@@H]4F)nc3cn2)c2cn[nH]c12. The standard InChI is InChI=1S/C21H16ClF2N9O/c1-32(14-2-3-26-30-14)20-18(24)17(22)16(10-5-27-31-19(10)20)12-7-33-8-13(28-15(33)6-25-12)29-21(34)9-4-11(9)23/h2-3,5-9,11H,4H2,1H3,(H,26,30)(H,27,31)(H,29,34)/t9-,11+/m1/s1. The van der Waals surface area contributed by atoms with Crippen LogP contribution in [0.25, 0.3) is 27.8 Å². The minimum absolute atomic E-state index is 0.126. The van der Waals surface area contributed by atoms with E-state index in [1.165, 1.54) is 6.20 Å². The van der Waals surface area contributed by atoms with Crippen molar-refractivity contribution in [1.82, 2.24) is 34.8 Å². The smallest absolute Gasteiger partial charge is 0.231 e. The van der Waals surface area contributed by atoms with Crippen molar-refractivity contribution < 1.29 is 13.6 Å². The van der Waals surface area contributed by atoms with Crippen molar-refractivity contribution >= 4 is 51.4 Å². The Morgan fingerprint density at radius 3 is 2.85 bits per heavy atom. The normalized spacial score (nSPS) is 17.4. The van der Waals surface area contributed by atoms with E-state index in [1.807, 2.05) is 0 Å². The molecule has 13 heteroatoms. The van der Waals surface area contributed by atoms with Crippen LogP contribution in [-0.4, -0.2) is 53.9 Å². The number of rotatable bonds is 5. The number of aromatic amines is 2. The maximum absolute atomic E-state index is 15.6. The van der Waals surface area contributed by atoms with Gasteiger partial charge in [-0.15, -0.1) is 0 Å². The summed E-state index contributed by atoms with van der Waals surface area (Å²) < 4.78 is 30.4. The van der Waals surface area contributed by atoms with E-state index in [1.54, 1.807) is 47.2 Å². The number of carbonyl (C=O) groups is 1. The summed E-state index contributed by atoms with van der Waals surface area (Å²) in [6, 6.07) is 1.70. The van der Waals surface area contributed by atoms with E-state index in [-0.39, 0.29) is 22.9 Å². The maximum Gasteiger partial charge on any atom is 0.231 e. The van der Waals surface area contributed by atoms with Crippen molar-refractivity contribution in [3.05, 3.63) is 47.9 Å². The van der Waals surface area contributed by atoms with E-state index in [0.29, 0.717) is 33.6 Å². The zero-order valence-electron chi connectivity index (χ0n) is 17.6. The van der Waals surface area contributed by atoms with Crippen molar-refractivity contribution in [3.63, 3.8) is 0 Å². The van der Waals surface area contributed by atoms with Crippen LogP contribution in [0.15, 0.2) is 37.1 Å². The van der Waals surface area contributed by atoms with Gasteiger partial charge in [-0.05, 0) is 6.42 Å². The van der Waals surface area contributed by atoms with Crippen LogP contribution in [0.1, 0.15) is 6.42 Å². The number of H-pyrrole nitrogens is 2. The highest BCUT2D eigenvalue weighted by Gasteiger charge is 2.43. The Kier molecular flexibility index (Phi) is 4.52. The first-order valence-corrected chi connectivity index (χ1v) is 10.7. The molecule has 4 heterocycles. The van der Waals surface area contributed by atoms with Gasteiger partial charge >= 0.3 is 0 Å². The Morgan fingerprint density at radius 1 is 1.29 bits per heavy atom. The first kappa shape index (κ1) is 20.5. The van der Waals surface area contributed by atoms with Gasteiger partial charge in [0, 0.05) is 30.3 Å². The average Bonchev–Trinajstić information content (AvgIpc) is 3.26. The van der Waals surface area contributed by atoms with E-state index in [9.17, 15) is 9.18 Å². The van der Waals surface area contributed by atoms with Crippen LogP contribution in [0.5, 0.6) is 0 Å². The predicted octanol–water partition coefficient (Wildman–Crippen LogP) is 3.85. The monoisotopic (exact) mass is 483 g/mol. The summed E-state index contributed by atoms with van der Waals surface area (Å²) >= 11 is 6.53. The average molecular weight is 484 g/mol. The van der Waals surface area contributed by atoms with Crippen LogP contribution >= 0.6 is 11.6 Å². The number of halogens is 3. The van der Waals surface area contributed by atoms with Gasteiger partial charge in [0.1, 0.15) is 17.7 Å². The minimum Gasteiger partial charge on any atom is -0.326 e. The molecule has 0 saturated heterocycles. The molecule has 4 aromatic heterocycles. The van der Waals surface area contributed by atoms with E-state index in [2.05, 4.69) is 35.7 Å². The summed E-state index contributed by atoms with van der Waals surface area (Å²) in [5, 5.41) is 16.7. The molecular weight excluding hydrogens is 468 g/mol. The third-order valence-electron chi connectivity index (χ3n) is 5.85. The van der Waals surface area contributed by atoms with E-state index in [4.69, 9.17) is 11.6 Å². The summed E-state index contributed by atoms with van der Waals surface area (Å²) in [6.07, 6.45) is 6.91. The molecule has 1 aromatic carbocycles. The molecule has 34 heavy (non-hydrogen) atoms. The second kappa shape index (κ2) is 7.48. The highest BCUT2D eigenvalue weighted by atomic mass is 35.5. The van der Waals surface area contributed by atoms with Gasteiger partial charge in [-0.25, -0.2) is 13.8 Å². The van der Waals surface area contributed by atoms with Gasteiger partial charge in [-0.1, -0.05) is 11.6 Å². The van der Waals surface area contributed by atoms with Crippen LogP contribution in [-0.2, 0) is 4.79 Å². The molecule has 0 radical (unpaired) electrons. The number of fused-ring (bicyclic) bond motifs is 2. The van der Waals surface area contributed by atoms with Gasteiger partial charge in [0.2, 0.25) is 5.91 Å². The van der Waals surface area contributed by atoms with E-state index in [0.717, 1.165) is 0 Å². The second-order valence-electron chi connectivity index (χ2n) is 8.02. The quantitative estimate of drug-likeness (QED) is 0.349. The first-order chi connectivity index (χ1) is 16.4. The number of amides is 1. The molecule has 1 aliphatic carbocycles. The Labute approximate surface area is 195 Å². The molecular formula is C21H16ClF2N9O. The van der Waals surface area contributed by atoms with Crippen LogP contribution < -0.4 is 10.2 Å².